The molecule has 0 saturated heterocycles. The zero-order chi connectivity index (χ0) is 23.2. The molecule has 4 rings (SSSR count). The van der Waals surface area contributed by atoms with E-state index in [0.717, 1.165) is 24.0 Å². The van der Waals surface area contributed by atoms with Crippen molar-refractivity contribution in [3.8, 4) is 17.2 Å². The Morgan fingerprint density at radius 3 is 2.42 bits per heavy atom. The maximum Gasteiger partial charge on any atom is 0.137 e. The summed E-state index contributed by atoms with van der Waals surface area (Å²) in [7, 11) is 0. The quantitative estimate of drug-likeness (QED) is 0.432. The van der Waals surface area contributed by atoms with Gasteiger partial charge in [0, 0.05) is 18.4 Å². The van der Waals surface area contributed by atoms with Gasteiger partial charge in [-0.3, -0.25) is 0 Å². The molecule has 170 valence electrons. The number of nitrogens with one attached hydrogen (secondary N) is 1. The van der Waals surface area contributed by atoms with Gasteiger partial charge >= 0.3 is 0 Å². The second-order valence-electron chi connectivity index (χ2n) is 8.63. The topological polar surface area (TPSA) is 94.1 Å². The first-order chi connectivity index (χ1) is 16.1. The molecule has 1 heterocycles. The van der Waals surface area contributed by atoms with Crippen molar-refractivity contribution in [1.29, 1.82) is 5.26 Å². The second-order valence-corrected chi connectivity index (χ2v) is 8.63. The van der Waals surface area contributed by atoms with E-state index >= 15 is 0 Å². The van der Waals surface area contributed by atoms with Crippen molar-refractivity contribution >= 4 is 6.08 Å². The van der Waals surface area contributed by atoms with Crippen LogP contribution in [0.25, 0.3) is 17.2 Å². The molecule has 33 heavy (non-hydrogen) atoms. The summed E-state index contributed by atoms with van der Waals surface area (Å²) in [5.41, 5.74) is 4.74. The van der Waals surface area contributed by atoms with E-state index in [1.807, 2.05) is 12.2 Å². The Morgan fingerprint density at radius 2 is 1.82 bits per heavy atom. The van der Waals surface area contributed by atoms with Gasteiger partial charge in [0.05, 0.1) is 25.3 Å². The monoisotopic (exact) mass is 442 g/mol. The van der Waals surface area contributed by atoms with Crippen molar-refractivity contribution in [1.82, 2.24) is 14.9 Å². The Labute approximate surface area is 194 Å². The molecule has 1 aliphatic carbocycles. The van der Waals surface area contributed by atoms with Gasteiger partial charge in [-0.2, -0.15) is 5.26 Å². The maximum absolute atomic E-state index is 9.87. The van der Waals surface area contributed by atoms with E-state index < -0.39 is 6.10 Å². The molecule has 0 aliphatic heterocycles. The van der Waals surface area contributed by atoms with Crippen LogP contribution >= 0.6 is 0 Å². The molecule has 0 unspecified atom stereocenters. The summed E-state index contributed by atoms with van der Waals surface area (Å²) in [5.74, 6) is 1.11. The van der Waals surface area contributed by atoms with E-state index in [9.17, 15) is 10.2 Å². The van der Waals surface area contributed by atoms with Gasteiger partial charge < -0.3 is 20.1 Å². The molecule has 1 aliphatic rings. The molecule has 1 fully saturated rings. The smallest absolute Gasteiger partial charge is 0.137 e. The van der Waals surface area contributed by atoms with Gasteiger partial charge in [-0.15, -0.1) is 0 Å². The Hall–Kier alpha value is -3.24. The van der Waals surface area contributed by atoms with Crippen molar-refractivity contribution in [2.24, 2.45) is 0 Å². The van der Waals surface area contributed by atoms with Gasteiger partial charge in [-0.25, -0.2) is 4.98 Å². The van der Waals surface area contributed by atoms with Crippen LogP contribution in [0.4, 0.5) is 0 Å². The molecule has 0 bridgehead atoms. The van der Waals surface area contributed by atoms with Crippen LogP contribution in [0.3, 0.4) is 0 Å². The van der Waals surface area contributed by atoms with Crippen LogP contribution in [0.5, 0.6) is 0 Å². The number of hydrogen-bond donors (Lipinski definition) is 3. The van der Waals surface area contributed by atoms with Crippen LogP contribution in [0.15, 0.2) is 67.0 Å². The number of aliphatic hydroxyl groups excluding tert-OH is 2. The lowest BCUT2D eigenvalue weighted by atomic mass is 9.75. The van der Waals surface area contributed by atoms with Crippen LogP contribution < -0.4 is 5.32 Å². The Kier molecular flexibility index (Phi) is 7.36. The molecule has 2 aromatic carbocycles. The largest absolute Gasteiger partial charge is 0.394 e. The highest BCUT2D eigenvalue weighted by Crippen LogP contribution is 2.37. The van der Waals surface area contributed by atoms with Gasteiger partial charge in [-0.1, -0.05) is 60.7 Å². The van der Waals surface area contributed by atoms with E-state index in [-0.39, 0.29) is 12.6 Å². The molecule has 3 aromatic rings. The molecular weight excluding hydrogens is 412 g/mol. The summed E-state index contributed by atoms with van der Waals surface area (Å²) in [5, 5.41) is 31.6. The summed E-state index contributed by atoms with van der Waals surface area (Å²) in [6, 6.07) is 19.4. The number of aromatic nitrogens is 2. The van der Waals surface area contributed by atoms with Gasteiger partial charge in [-0.05, 0) is 47.9 Å². The zero-order valence-corrected chi connectivity index (χ0v) is 18.8. The number of rotatable bonds is 9. The van der Waals surface area contributed by atoms with Crippen LogP contribution in [-0.4, -0.2) is 39.0 Å². The third-order valence-electron chi connectivity index (χ3n) is 6.36. The van der Waals surface area contributed by atoms with E-state index in [2.05, 4.69) is 64.9 Å². The van der Waals surface area contributed by atoms with Gasteiger partial charge in [0.1, 0.15) is 11.9 Å². The van der Waals surface area contributed by atoms with Gasteiger partial charge in [0.25, 0.3) is 0 Å². The van der Waals surface area contributed by atoms with Crippen molar-refractivity contribution in [2.45, 2.75) is 43.9 Å². The molecule has 0 amide bonds. The van der Waals surface area contributed by atoms with Gasteiger partial charge in [0.2, 0.25) is 0 Å². The lowest BCUT2D eigenvalue weighted by molar-refractivity contribution is 0.175. The number of nitriles is 1. The summed E-state index contributed by atoms with van der Waals surface area (Å²) < 4.78 is 1.79. The standard InChI is InChI=1S/C27H30N4O2/c1-19(33)27-30-14-15-31(27)26(18-32)11-4-20-2-5-21(6-3-20)22-7-9-23(10-8-22)24-16-25(17-24)29-13-12-28/h2-11,14-15,19,24-26,29,32-33H,13,16-18H2,1H3/b11-4+/t19-,24?,25?,26-/m0/s1. The molecule has 6 nitrogen and oxygen atoms in total. The van der Waals surface area contributed by atoms with E-state index in [1.54, 1.807) is 23.9 Å². The Morgan fingerprint density at radius 1 is 1.15 bits per heavy atom. The van der Waals surface area contributed by atoms with Crippen LogP contribution in [0.2, 0.25) is 0 Å². The third kappa shape index (κ3) is 5.40. The maximum atomic E-state index is 9.87. The van der Waals surface area contributed by atoms with Crippen molar-refractivity contribution in [3.63, 3.8) is 0 Å². The van der Waals surface area contributed by atoms with Crippen molar-refractivity contribution in [3.05, 3.63) is 84.0 Å². The fourth-order valence-corrected chi connectivity index (χ4v) is 4.37. The fraction of sp³-hybridized carbons (Fsp3) is 0.333. The molecule has 0 radical (unpaired) electrons. The number of imidazole rings is 1. The lowest BCUT2D eigenvalue weighted by Gasteiger charge is -2.36. The molecule has 3 N–H and O–H groups in total. The summed E-state index contributed by atoms with van der Waals surface area (Å²) in [4.78, 5) is 4.18. The number of aliphatic hydroxyl groups is 2. The number of benzene rings is 2. The Balaban J connectivity index is 1.38. The minimum Gasteiger partial charge on any atom is -0.394 e. The minimum absolute atomic E-state index is 0.0763. The predicted molar refractivity (Wildman–Crippen MR) is 129 cm³/mol. The van der Waals surface area contributed by atoms with Crippen LogP contribution in [0, 0.1) is 11.3 Å². The van der Waals surface area contributed by atoms with Crippen molar-refractivity contribution < 1.29 is 10.2 Å². The summed E-state index contributed by atoms with van der Waals surface area (Å²) in [6.45, 7) is 2.02. The average Bonchev–Trinajstić information content (AvgIpc) is 3.30. The highest BCUT2D eigenvalue weighted by Gasteiger charge is 2.29. The van der Waals surface area contributed by atoms with E-state index in [4.69, 9.17) is 5.26 Å². The molecule has 6 heteroatoms. The first-order valence-corrected chi connectivity index (χ1v) is 11.4. The molecule has 2 atom stereocenters. The fourth-order valence-electron chi connectivity index (χ4n) is 4.37. The van der Waals surface area contributed by atoms with E-state index in [0.29, 0.717) is 24.3 Å². The molecule has 1 aromatic heterocycles. The highest BCUT2D eigenvalue weighted by atomic mass is 16.3. The van der Waals surface area contributed by atoms with Crippen LogP contribution in [-0.2, 0) is 0 Å². The van der Waals surface area contributed by atoms with Crippen LogP contribution in [0.1, 0.15) is 54.8 Å². The normalized spacial score (nSPS) is 19.7. The Bertz CT molecular complexity index is 1100. The molecule has 1 saturated carbocycles. The molecule has 0 spiro atoms. The average molecular weight is 443 g/mol. The third-order valence-corrected chi connectivity index (χ3v) is 6.36. The highest BCUT2D eigenvalue weighted by molar-refractivity contribution is 5.66. The number of nitrogens with zero attached hydrogens (tertiary/aromatic N) is 3. The molecular formula is C27H30N4O2. The summed E-state index contributed by atoms with van der Waals surface area (Å²) in [6.07, 6.45) is 8.80. The predicted octanol–water partition coefficient (Wildman–Crippen LogP) is 4.21. The minimum atomic E-state index is -0.695. The zero-order valence-electron chi connectivity index (χ0n) is 18.8. The lowest BCUT2D eigenvalue weighted by Crippen LogP contribution is -2.40. The first-order valence-electron chi connectivity index (χ1n) is 11.4. The van der Waals surface area contributed by atoms with Crippen molar-refractivity contribution in [2.75, 3.05) is 13.2 Å². The number of hydrogen-bond acceptors (Lipinski definition) is 5. The second kappa shape index (κ2) is 10.6. The van der Waals surface area contributed by atoms with E-state index in [1.165, 1.54) is 11.1 Å². The SMILES string of the molecule is C[C@H](O)c1nccn1[C@@H](/C=C/c1ccc(-c2ccc(C3CC(NCC#N)C3)cc2)cc1)CO. The summed E-state index contributed by atoms with van der Waals surface area (Å²) >= 11 is 0. The van der Waals surface area contributed by atoms with Gasteiger partial charge in [0.15, 0.2) is 0 Å². The first kappa shape index (κ1) is 22.9.